The lowest BCUT2D eigenvalue weighted by Gasteiger charge is -2.09. The van der Waals surface area contributed by atoms with Gasteiger partial charge in [-0.1, -0.05) is 0 Å². The molecular weight excluding hydrogens is 477 g/mol. The van der Waals surface area contributed by atoms with E-state index < -0.39 is 5.51 Å². The monoisotopic (exact) mass is 496 g/mol. The van der Waals surface area contributed by atoms with Crippen LogP contribution in [0.25, 0.3) is 0 Å². The molecule has 0 saturated carbocycles. The van der Waals surface area contributed by atoms with E-state index >= 15 is 0 Å². The molecule has 4 N–H and O–H groups in total. The van der Waals surface area contributed by atoms with E-state index in [0.717, 1.165) is 5.56 Å². The molecule has 174 valence electrons. The Morgan fingerprint density at radius 2 is 1.85 bits per heavy atom. The number of carbonyl (C=O) groups excluding carboxylic acids is 2. The van der Waals surface area contributed by atoms with Crippen molar-refractivity contribution in [3.05, 3.63) is 58.5 Å². The van der Waals surface area contributed by atoms with E-state index in [-0.39, 0.29) is 35.0 Å². The van der Waals surface area contributed by atoms with Gasteiger partial charge in [-0.05, 0) is 53.7 Å². The minimum atomic E-state index is -4.36. The van der Waals surface area contributed by atoms with Crippen molar-refractivity contribution in [3.63, 3.8) is 0 Å². The van der Waals surface area contributed by atoms with Gasteiger partial charge in [-0.15, -0.1) is 11.3 Å². The van der Waals surface area contributed by atoms with Gasteiger partial charge in [0.2, 0.25) is 5.91 Å². The zero-order valence-corrected chi connectivity index (χ0v) is 18.8. The van der Waals surface area contributed by atoms with Crippen molar-refractivity contribution in [2.24, 2.45) is 0 Å². The van der Waals surface area contributed by atoms with E-state index in [9.17, 15) is 22.8 Å². The van der Waals surface area contributed by atoms with Crippen LogP contribution in [0.2, 0.25) is 0 Å². The fraction of sp³-hybridized carbons (Fsp3) is 0.200. The third kappa shape index (κ3) is 7.95. The molecule has 3 amide bonds. The molecule has 0 saturated heterocycles. The summed E-state index contributed by atoms with van der Waals surface area (Å²) in [6.45, 7) is 0.391. The van der Waals surface area contributed by atoms with Crippen LogP contribution in [0.4, 0.5) is 35.3 Å². The topological polar surface area (TPSA) is 108 Å². The van der Waals surface area contributed by atoms with Gasteiger partial charge in [-0.3, -0.25) is 10.1 Å². The standard InChI is InChI=1S/C20H19F3N6O2S2/c1-24-19(31)29-16-8-12(6-7-25-16)10-26-18-15(32-11-27-18)9-17(30)28-13-2-4-14(5-3-13)33-20(21,22)23/h2-8,11,26H,9-10H2,1H3,(H,28,30)(H2,24,25,29,31). The summed E-state index contributed by atoms with van der Waals surface area (Å²) in [7, 11) is 1.50. The van der Waals surface area contributed by atoms with Crippen LogP contribution in [0.5, 0.6) is 0 Å². The highest BCUT2D eigenvalue weighted by atomic mass is 32.2. The molecule has 0 aliphatic carbocycles. The number of hydrogen-bond donors (Lipinski definition) is 4. The lowest BCUT2D eigenvalue weighted by molar-refractivity contribution is -0.115. The van der Waals surface area contributed by atoms with Crippen LogP contribution in [-0.2, 0) is 17.8 Å². The van der Waals surface area contributed by atoms with Gasteiger partial charge in [0, 0.05) is 30.4 Å². The maximum atomic E-state index is 12.4. The van der Waals surface area contributed by atoms with Crippen molar-refractivity contribution in [2.45, 2.75) is 23.4 Å². The Bertz CT molecular complexity index is 1110. The van der Waals surface area contributed by atoms with Crippen molar-refractivity contribution in [3.8, 4) is 0 Å². The molecule has 0 aliphatic heterocycles. The lowest BCUT2D eigenvalue weighted by atomic mass is 10.2. The molecule has 0 radical (unpaired) electrons. The first-order valence-corrected chi connectivity index (χ1v) is 11.2. The predicted molar refractivity (Wildman–Crippen MR) is 122 cm³/mol. The number of nitrogens with zero attached hydrogens (tertiary/aromatic N) is 2. The van der Waals surface area contributed by atoms with Crippen LogP contribution >= 0.6 is 23.1 Å². The van der Waals surface area contributed by atoms with Gasteiger partial charge in [-0.25, -0.2) is 14.8 Å². The molecule has 0 aliphatic rings. The average molecular weight is 497 g/mol. The fourth-order valence-electron chi connectivity index (χ4n) is 2.65. The minimum absolute atomic E-state index is 0.0410. The fourth-order valence-corrected chi connectivity index (χ4v) is 3.92. The first-order chi connectivity index (χ1) is 15.7. The summed E-state index contributed by atoms with van der Waals surface area (Å²) in [6, 6.07) is 8.56. The Morgan fingerprint density at radius 3 is 2.55 bits per heavy atom. The van der Waals surface area contributed by atoms with E-state index in [0.29, 0.717) is 28.7 Å². The van der Waals surface area contributed by atoms with Crippen molar-refractivity contribution in [1.29, 1.82) is 0 Å². The Labute approximate surface area is 195 Å². The predicted octanol–water partition coefficient (Wildman–Crippen LogP) is 4.69. The zero-order chi connectivity index (χ0) is 23.8. The zero-order valence-electron chi connectivity index (χ0n) is 17.2. The van der Waals surface area contributed by atoms with Crippen LogP contribution in [0, 0.1) is 0 Å². The third-order valence-electron chi connectivity index (χ3n) is 4.09. The van der Waals surface area contributed by atoms with Gasteiger partial charge in [0.15, 0.2) is 0 Å². The molecule has 0 spiro atoms. The van der Waals surface area contributed by atoms with Gasteiger partial charge >= 0.3 is 11.5 Å². The number of alkyl halides is 3. The number of thiazole rings is 1. The first-order valence-electron chi connectivity index (χ1n) is 9.47. The maximum Gasteiger partial charge on any atom is 0.446 e. The molecule has 33 heavy (non-hydrogen) atoms. The number of nitrogens with one attached hydrogen (secondary N) is 4. The molecule has 13 heteroatoms. The molecule has 0 fully saturated rings. The maximum absolute atomic E-state index is 12.4. The SMILES string of the molecule is CNC(=O)Nc1cc(CNc2ncsc2CC(=O)Nc2ccc(SC(F)(F)F)cc2)ccn1. The molecule has 0 unspecified atom stereocenters. The second-order valence-electron chi connectivity index (χ2n) is 6.53. The highest BCUT2D eigenvalue weighted by Gasteiger charge is 2.29. The van der Waals surface area contributed by atoms with Gasteiger partial charge in [0.25, 0.3) is 0 Å². The van der Waals surface area contributed by atoms with Crippen LogP contribution in [0.3, 0.4) is 0 Å². The average Bonchev–Trinajstić information content (AvgIpc) is 3.19. The van der Waals surface area contributed by atoms with Gasteiger partial charge in [-0.2, -0.15) is 13.2 Å². The Balaban J connectivity index is 1.55. The lowest BCUT2D eigenvalue weighted by Crippen LogP contribution is -2.25. The van der Waals surface area contributed by atoms with E-state index in [1.54, 1.807) is 23.8 Å². The highest BCUT2D eigenvalue weighted by Crippen LogP contribution is 2.37. The summed E-state index contributed by atoms with van der Waals surface area (Å²) in [4.78, 5) is 32.9. The number of urea groups is 1. The van der Waals surface area contributed by atoms with E-state index in [1.165, 1.54) is 42.6 Å². The van der Waals surface area contributed by atoms with Crippen molar-refractivity contribution < 1.29 is 22.8 Å². The van der Waals surface area contributed by atoms with Crippen molar-refractivity contribution in [2.75, 3.05) is 23.0 Å². The quantitative estimate of drug-likeness (QED) is 0.337. The molecule has 8 nitrogen and oxygen atoms in total. The number of benzene rings is 1. The number of rotatable bonds is 8. The van der Waals surface area contributed by atoms with Gasteiger partial charge in [0.05, 0.1) is 16.8 Å². The minimum Gasteiger partial charge on any atom is -0.365 e. The number of halogens is 3. The summed E-state index contributed by atoms with van der Waals surface area (Å²) < 4.78 is 37.3. The molecule has 2 heterocycles. The summed E-state index contributed by atoms with van der Waals surface area (Å²) in [5.74, 6) is 0.621. The molecule has 3 rings (SSSR count). The largest absolute Gasteiger partial charge is 0.446 e. The molecular formula is C20H19F3N6O2S2. The molecule has 0 atom stereocenters. The number of thioether (sulfide) groups is 1. The molecule has 2 aromatic heterocycles. The summed E-state index contributed by atoms with van der Waals surface area (Å²) >= 11 is 1.09. The second-order valence-corrected chi connectivity index (χ2v) is 8.61. The van der Waals surface area contributed by atoms with E-state index in [1.807, 2.05) is 0 Å². The van der Waals surface area contributed by atoms with Crippen LogP contribution in [-0.4, -0.2) is 34.5 Å². The molecule has 0 bridgehead atoms. The normalized spacial score (nSPS) is 11.0. The van der Waals surface area contributed by atoms with Crippen LogP contribution in [0.15, 0.2) is 53.0 Å². The number of hydrogen-bond acceptors (Lipinski definition) is 7. The van der Waals surface area contributed by atoms with Crippen molar-refractivity contribution >= 4 is 52.4 Å². The summed E-state index contributed by atoms with van der Waals surface area (Å²) in [6.07, 6.45) is 1.61. The number of aromatic nitrogens is 2. The highest BCUT2D eigenvalue weighted by molar-refractivity contribution is 8.00. The number of anilines is 3. The van der Waals surface area contributed by atoms with Gasteiger partial charge < -0.3 is 16.0 Å². The first kappa shape index (κ1) is 24.3. The smallest absolute Gasteiger partial charge is 0.365 e. The second kappa shape index (κ2) is 11.0. The van der Waals surface area contributed by atoms with E-state index in [2.05, 4.69) is 31.2 Å². The van der Waals surface area contributed by atoms with Crippen LogP contribution in [0.1, 0.15) is 10.4 Å². The van der Waals surface area contributed by atoms with E-state index in [4.69, 9.17) is 0 Å². The summed E-state index contributed by atoms with van der Waals surface area (Å²) in [5.41, 5.74) is -1.51. The Kier molecular flexibility index (Phi) is 8.11. The van der Waals surface area contributed by atoms with Crippen LogP contribution < -0.4 is 21.3 Å². The summed E-state index contributed by atoms with van der Waals surface area (Å²) in [5, 5.41) is 10.9. The number of carbonyl (C=O) groups is 2. The number of pyridine rings is 1. The van der Waals surface area contributed by atoms with Gasteiger partial charge in [0.1, 0.15) is 11.6 Å². The molecule has 1 aromatic carbocycles. The van der Waals surface area contributed by atoms with Crippen molar-refractivity contribution in [1.82, 2.24) is 15.3 Å². The Hall–Kier alpha value is -3.32. The Morgan fingerprint density at radius 1 is 1.09 bits per heavy atom. The number of amides is 3. The molecule has 3 aromatic rings. The third-order valence-corrected chi connectivity index (χ3v) is 5.66.